The van der Waals surface area contributed by atoms with Crippen LogP contribution in [0.15, 0.2) is 18.2 Å². The van der Waals surface area contributed by atoms with Crippen LogP contribution in [0.2, 0.25) is 0 Å². The van der Waals surface area contributed by atoms with Crippen molar-refractivity contribution in [2.24, 2.45) is 5.92 Å². The Morgan fingerprint density at radius 3 is 2.52 bits per heavy atom. The molecule has 0 unspecified atom stereocenters. The SMILES string of the molecule is O=C(c1ccc(F)cc1I)N1CCC(C2OCCO2)CC1. The van der Waals surface area contributed by atoms with Crippen LogP contribution in [-0.2, 0) is 9.47 Å². The van der Waals surface area contributed by atoms with Gasteiger partial charge >= 0.3 is 0 Å². The zero-order chi connectivity index (χ0) is 14.8. The van der Waals surface area contributed by atoms with E-state index in [2.05, 4.69) is 0 Å². The van der Waals surface area contributed by atoms with Gasteiger partial charge in [0.05, 0.1) is 18.8 Å². The highest BCUT2D eigenvalue weighted by atomic mass is 127. The molecule has 0 N–H and O–H groups in total. The maximum Gasteiger partial charge on any atom is 0.254 e. The van der Waals surface area contributed by atoms with Crippen molar-refractivity contribution in [3.63, 3.8) is 0 Å². The zero-order valence-corrected chi connectivity index (χ0v) is 13.7. The standard InChI is InChI=1S/C15H17FINO3/c16-11-1-2-12(13(17)9-11)14(19)18-5-3-10(4-6-18)15-20-7-8-21-15/h1-2,9-10,15H,3-8H2. The second-order valence-electron chi connectivity index (χ2n) is 5.36. The Hall–Kier alpha value is -0.730. The summed E-state index contributed by atoms with van der Waals surface area (Å²) in [5, 5.41) is 0. The number of piperidine rings is 1. The van der Waals surface area contributed by atoms with Crippen molar-refractivity contribution in [3.8, 4) is 0 Å². The molecule has 0 aromatic heterocycles. The van der Waals surface area contributed by atoms with Gasteiger partial charge in [-0.05, 0) is 53.6 Å². The number of hydrogen-bond acceptors (Lipinski definition) is 3. The number of rotatable bonds is 2. The molecule has 1 aromatic rings. The van der Waals surface area contributed by atoms with Crippen molar-refractivity contribution in [3.05, 3.63) is 33.1 Å². The Balaban J connectivity index is 1.62. The van der Waals surface area contributed by atoms with Gasteiger partial charge in [0, 0.05) is 22.6 Å². The van der Waals surface area contributed by atoms with Crippen molar-refractivity contribution < 1.29 is 18.7 Å². The number of halogens is 2. The summed E-state index contributed by atoms with van der Waals surface area (Å²) in [7, 11) is 0. The topological polar surface area (TPSA) is 38.8 Å². The molecule has 4 nitrogen and oxygen atoms in total. The molecule has 0 bridgehead atoms. The molecule has 2 aliphatic rings. The van der Waals surface area contributed by atoms with Crippen molar-refractivity contribution in [2.75, 3.05) is 26.3 Å². The fraction of sp³-hybridized carbons (Fsp3) is 0.533. The quantitative estimate of drug-likeness (QED) is 0.711. The van der Waals surface area contributed by atoms with Crippen LogP contribution >= 0.6 is 22.6 Å². The Bertz CT molecular complexity index is 526. The minimum atomic E-state index is -0.315. The Kier molecular flexibility index (Phi) is 4.75. The molecular formula is C15H17FINO3. The number of nitrogens with zero attached hydrogens (tertiary/aromatic N) is 1. The normalized spacial score (nSPS) is 21.0. The summed E-state index contributed by atoms with van der Waals surface area (Å²) in [5.41, 5.74) is 0.573. The van der Waals surface area contributed by atoms with Gasteiger partial charge in [-0.3, -0.25) is 4.79 Å². The molecule has 0 spiro atoms. The van der Waals surface area contributed by atoms with E-state index in [0.717, 1.165) is 12.8 Å². The van der Waals surface area contributed by atoms with Crippen LogP contribution in [0.1, 0.15) is 23.2 Å². The van der Waals surface area contributed by atoms with Crippen molar-refractivity contribution >= 4 is 28.5 Å². The summed E-state index contributed by atoms with van der Waals surface area (Å²) in [6.45, 7) is 2.72. The monoisotopic (exact) mass is 405 g/mol. The molecule has 0 radical (unpaired) electrons. The van der Waals surface area contributed by atoms with E-state index >= 15 is 0 Å². The molecule has 2 saturated heterocycles. The molecular weight excluding hydrogens is 388 g/mol. The maximum absolute atomic E-state index is 13.1. The second-order valence-corrected chi connectivity index (χ2v) is 6.53. The van der Waals surface area contributed by atoms with Crippen LogP contribution in [0.4, 0.5) is 4.39 Å². The molecule has 6 heteroatoms. The lowest BCUT2D eigenvalue weighted by molar-refractivity contribution is -0.0956. The summed E-state index contributed by atoms with van der Waals surface area (Å²) in [6.07, 6.45) is 1.66. The highest BCUT2D eigenvalue weighted by molar-refractivity contribution is 14.1. The van der Waals surface area contributed by atoms with Gasteiger partial charge in [-0.15, -0.1) is 0 Å². The van der Waals surface area contributed by atoms with Gasteiger partial charge in [-0.1, -0.05) is 0 Å². The molecule has 2 fully saturated rings. The van der Waals surface area contributed by atoms with E-state index in [9.17, 15) is 9.18 Å². The van der Waals surface area contributed by atoms with Gasteiger partial charge in [0.15, 0.2) is 6.29 Å². The third-order valence-corrected chi connectivity index (χ3v) is 4.91. The fourth-order valence-corrected chi connectivity index (χ4v) is 3.56. The first kappa shape index (κ1) is 15.2. The van der Waals surface area contributed by atoms with E-state index in [4.69, 9.17) is 9.47 Å². The third-order valence-electron chi connectivity index (χ3n) is 4.02. The van der Waals surface area contributed by atoms with Gasteiger partial charge in [-0.25, -0.2) is 4.39 Å². The summed E-state index contributed by atoms with van der Waals surface area (Å²) >= 11 is 2.00. The number of amides is 1. The zero-order valence-electron chi connectivity index (χ0n) is 11.6. The van der Waals surface area contributed by atoms with E-state index in [1.54, 1.807) is 6.07 Å². The minimum absolute atomic E-state index is 0.0221. The van der Waals surface area contributed by atoms with Crippen LogP contribution in [0.25, 0.3) is 0 Å². The molecule has 0 aliphatic carbocycles. The van der Waals surface area contributed by atoms with Crippen LogP contribution in [0.5, 0.6) is 0 Å². The molecule has 1 amide bonds. The lowest BCUT2D eigenvalue weighted by Gasteiger charge is -2.34. The predicted octanol–water partition coefficient (Wildman–Crippen LogP) is 2.66. The minimum Gasteiger partial charge on any atom is -0.350 e. The number of hydrogen-bond donors (Lipinski definition) is 0. The molecule has 0 atom stereocenters. The number of benzene rings is 1. The van der Waals surface area contributed by atoms with Gasteiger partial charge in [0.2, 0.25) is 0 Å². The first-order chi connectivity index (χ1) is 10.1. The second kappa shape index (κ2) is 6.58. The number of carbonyl (C=O) groups is 1. The predicted molar refractivity (Wildman–Crippen MR) is 83.4 cm³/mol. The van der Waals surface area contributed by atoms with Crippen LogP contribution in [0, 0.1) is 15.3 Å². The first-order valence-corrected chi connectivity index (χ1v) is 8.20. The van der Waals surface area contributed by atoms with Crippen LogP contribution < -0.4 is 0 Å². The van der Waals surface area contributed by atoms with E-state index in [0.29, 0.717) is 41.4 Å². The third kappa shape index (κ3) is 3.37. The number of likely N-dealkylation sites (tertiary alicyclic amines) is 1. The fourth-order valence-electron chi connectivity index (χ4n) is 2.86. The number of carbonyl (C=O) groups excluding carboxylic acids is 1. The summed E-state index contributed by atoms with van der Waals surface area (Å²) in [4.78, 5) is 14.3. The van der Waals surface area contributed by atoms with E-state index in [1.165, 1.54) is 12.1 Å². The molecule has 2 heterocycles. The summed E-state index contributed by atoms with van der Waals surface area (Å²) in [6, 6.07) is 4.29. The van der Waals surface area contributed by atoms with Crippen LogP contribution in [-0.4, -0.2) is 43.4 Å². The molecule has 114 valence electrons. The average molecular weight is 405 g/mol. The van der Waals surface area contributed by atoms with Crippen molar-refractivity contribution in [1.82, 2.24) is 4.90 Å². The van der Waals surface area contributed by atoms with Crippen molar-refractivity contribution in [1.29, 1.82) is 0 Å². The molecule has 21 heavy (non-hydrogen) atoms. The lowest BCUT2D eigenvalue weighted by Crippen LogP contribution is -2.41. The van der Waals surface area contributed by atoms with E-state index in [-0.39, 0.29) is 18.0 Å². The van der Waals surface area contributed by atoms with E-state index in [1.807, 2.05) is 27.5 Å². The molecule has 0 saturated carbocycles. The molecule has 3 rings (SSSR count). The number of ether oxygens (including phenoxy) is 2. The lowest BCUT2D eigenvalue weighted by atomic mass is 9.95. The van der Waals surface area contributed by atoms with Gasteiger partial charge in [0.25, 0.3) is 5.91 Å². The molecule has 1 aromatic carbocycles. The first-order valence-electron chi connectivity index (χ1n) is 7.12. The van der Waals surface area contributed by atoms with Crippen molar-refractivity contribution in [2.45, 2.75) is 19.1 Å². The Morgan fingerprint density at radius 2 is 1.90 bits per heavy atom. The van der Waals surface area contributed by atoms with E-state index < -0.39 is 0 Å². The van der Waals surface area contributed by atoms with Gasteiger partial charge in [0.1, 0.15) is 5.82 Å². The summed E-state index contributed by atoms with van der Waals surface area (Å²) < 4.78 is 24.8. The summed E-state index contributed by atoms with van der Waals surface area (Å²) in [5.74, 6) is 0.0279. The smallest absolute Gasteiger partial charge is 0.254 e. The van der Waals surface area contributed by atoms with Gasteiger partial charge in [-0.2, -0.15) is 0 Å². The molecule has 2 aliphatic heterocycles. The van der Waals surface area contributed by atoms with Crippen LogP contribution in [0.3, 0.4) is 0 Å². The average Bonchev–Trinajstić information content (AvgIpc) is 3.01. The Morgan fingerprint density at radius 1 is 1.24 bits per heavy atom. The maximum atomic E-state index is 13.1. The highest BCUT2D eigenvalue weighted by Crippen LogP contribution is 2.27. The Labute approximate surface area is 136 Å². The van der Waals surface area contributed by atoms with Gasteiger partial charge < -0.3 is 14.4 Å². The largest absolute Gasteiger partial charge is 0.350 e. The highest BCUT2D eigenvalue weighted by Gasteiger charge is 2.32.